The van der Waals surface area contributed by atoms with Crippen molar-refractivity contribution in [2.75, 3.05) is 25.2 Å². The van der Waals surface area contributed by atoms with Gasteiger partial charge < -0.3 is 24.1 Å². The number of hydrogen-bond acceptors (Lipinski definition) is 5. The van der Waals surface area contributed by atoms with Crippen molar-refractivity contribution in [2.24, 2.45) is 0 Å². The minimum absolute atomic E-state index is 0.213. The van der Waals surface area contributed by atoms with E-state index in [4.69, 9.17) is 37.7 Å². The van der Waals surface area contributed by atoms with Crippen LogP contribution in [0.4, 0.5) is 5.69 Å². The van der Waals surface area contributed by atoms with Crippen LogP contribution in [0.25, 0.3) is 11.3 Å². The normalized spacial score (nSPS) is 17.4. The summed E-state index contributed by atoms with van der Waals surface area (Å²) in [5.41, 5.74) is 2.70. The van der Waals surface area contributed by atoms with Gasteiger partial charge in [0, 0.05) is 24.6 Å². The van der Waals surface area contributed by atoms with Crippen molar-refractivity contribution >= 4 is 34.6 Å². The van der Waals surface area contributed by atoms with Crippen molar-refractivity contribution in [2.45, 2.75) is 12.1 Å². The van der Waals surface area contributed by atoms with Crippen LogP contribution in [0.1, 0.15) is 23.5 Å². The van der Waals surface area contributed by atoms with Crippen LogP contribution >= 0.6 is 23.8 Å². The zero-order valence-corrected chi connectivity index (χ0v) is 20.6. The maximum atomic E-state index is 6.57. The minimum atomic E-state index is -0.272. The summed E-state index contributed by atoms with van der Waals surface area (Å²) in [6, 6.07) is 25.0. The number of rotatable bonds is 8. The molecule has 0 saturated carbocycles. The van der Waals surface area contributed by atoms with Gasteiger partial charge in [0.25, 0.3) is 0 Å². The van der Waals surface area contributed by atoms with Crippen LogP contribution in [0.3, 0.4) is 0 Å². The predicted molar refractivity (Wildman–Crippen MR) is 141 cm³/mol. The number of halogens is 1. The van der Waals surface area contributed by atoms with Crippen LogP contribution in [0, 0.1) is 0 Å². The number of furan rings is 1. The largest absolute Gasteiger partial charge is 0.490 e. The molecule has 35 heavy (non-hydrogen) atoms. The van der Waals surface area contributed by atoms with Gasteiger partial charge in [-0.2, -0.15) is 0 Å². The fourth-order valence-corrected chi connectivity index (χ4v) is 4.76. The molecule has 0 unspecified atom stereocenters. The van der Waals surface area contributed by atoms with Crippen molar-refractivity contribution in [1.29, 1.82) is 0 Å². The summed E-state index contributed by atoms with van der Waals surface area (Å²) in [6.45, 7) is 0.895. The zero-order valence-electron chi connectivity index (χ0n) is 19.1. The van der Waals surface area contributed by atoms with Crippen LogP contribution in [0.2, 0.25) is 5.02 Å². The van der Waals surface area contributed by atoms with Crippen LogP contribution < -0.4 is 15.0 Å². The van der Waals surface area contributed by atoms with Crippen LogP contribution in [-0.2, 0) is 4.74 Å². The highest BCUT2D eigenvalue weighted by Gasteiger charge is 2.42. The lowest BCUT2D eigenvalue weighted by molar-refractivity contribution is 0.146. The lowest BCUT2D eigenvalue weighted by Gasteiger charge is -2.26. The first-order valence-corrected chi connectivity index (χ1v) is 12.0. The Kier molecular flexibility index (Phi) is 6.99. The molecule has 0 radical (unpaired) electrons. The molecule has 2 aromatic heterocycles. The molecule has 0 aliphatic carbocycles. The van der Waals surface area contributed by atoms with E-state index in [2.05, 4.69) is 10.3 Å². The van der Waals surface area contributed by atoms with Crippen molar-refractivity contribution in [3.8, 4) is 17.1 Å². The quantitative estimate of drug-likeness (QED) is 0.226. The van der Waals surface area contributed by atoms with E-state index >= 15 is 0 Å². The number of ether oxygens (including phenoxy) is 2. The summed E-state index contributed by atoms with van der Waals surface area (Å²) in [5, 5.41) is 4.49. The van der Waals surface area contributed by atoms with E-state index < -0.39 is 0 Å². The molecule has 0 amide bonds. The number of nitrogens with one attached hydrogen (secondary N) is 1. The molecule has 4 aromatic rings. The molecule has 5 rings (SSSR count). The second-order valence-electron chi connectivity index (χ2n) is 8.02. The Labute approximate surface area is 214 Å². The summed E-state index contributed by atoms with van der Waals surface area (Å²) < 4.78 is 17.2. The topological polar surface area (TPSA) is 59.8 Å². The molecule has 1 aliphatic rings. The molecule has 6 nitrogen and oxygen atoms in total. The zero-order chi connectivity index (χ0) is 24.2. The molecule has 0 bridgehead atoms. The lowest BCUT2D eigenvalue weighted by atomic mass is 10.0. The number of methoxy groups -OCH3 is 1. The second kappa shape index (κ2) is 10.5. The first-order chi connectivity index (χ1) is 17.2. The van der Waals surface area contributed by atoms with Gasteiger partial charge in [0.1, 0.15) is 29.9 Å². The van der Waals surface area contributed by atoms with Gasteiger partial charge in [0.2, 0.25) is 0 Å². The van der Waals surface area contributed by atoms with Crippen LogP contribution in [-0.4, -0.2) is 30.4 Å². The van der Waals surface area contributed by atoms with Crippen LogP contribution in [0.5, 0.6) is 5.75 Å². The Bertz CT molecular complexity index is 1300. The number of benzene rings is 2. The summed E-state index contributed by atoms with van der Waals surface area (Å²) in [6.07, 6.45) is 1.78. The lowest BCUT2D eigenvalue weighted by Crippen LogP contribution is -2.29. The monoisotopic (exact) mass is 505 g/mol. The maximum absolute atomic E-state index is 6.57. The SMILES string of the molecule is COCCOc1ccc(N2C(=S)N[C@@H](c3ccccn3)[C@@H]2c2ccc(-c3ccccc3)o2)cc1Cl. The maximum Gasteiger partial charge on any atom is 0.174 e. The third-order valence-corrected chi connectivity index (χ3v) is 6.42. The van der Waals surface area contributed by atoms with Gasteiger partial charge >= 0.3 is 0 Å². The third-order valence-electron chi connectivity index (χ3n) is 5.81. The number of aromatic nitrogens is 1. The molecule has 2 atom stereocenters. The first kappa shape index (κ1) is 23.4. The Morgan fingerprint density at radius 2 is 1.86 bits per heavy atom. The molecular weight excluding hydrogens is 482 g/mol. The highest BCUT2D eigenvalue weighted by atomic mass is 35.5. The van der Waals surface area contributed by atoms with E-state index in [-0.39, 0.29) is 12.1 Å². The standard InChI is InChI=1S/C27H24ClN3O3S/c1-32-15-16-33-23-11-10-19(17-20(23)28)31-26(25(30-27(31)35)21-9-5-6-14-29-21)24-13-12-22(34-24)18-7-3-2-4-8-18/h2-14,17,25-26H,15-16H2,1H3,(H,30,35)/t25-,26-/m0/s1. The Hall–Kier alpha value is -3.39. The fraction of sp³-hybridized carbons (Fsp3) is 0.185. The summed E-state index contributed by atoms with van der Waals surface area (Å²) in [5.74, 6) is 2.15. The smallest absolute Gasteiger partial charge is 0.174 e. The van der Waals surface area contributed by atoms with E-state index in [1.165, 1.54) is 0 Å². The number of thiocarbonyl (C=S) groups is 1. The van der Waals surface area contributed by atoms with E-state index in [9.17, 15) is 0 Å². The first-order valence-electron chi connectivity index (χ1n) is 11.2. The third kappa shape index (κ3) is 4.89. The summed E-state index contributed by atoms with van der Waals surface area (Å²) in [4.78, 5) is 6.61. The van der Waals surface area contributed by atoms with Crippen molar-refractivity contribution in [3.05, 3.63) is 102 Å². The Balaban J connectivity index is 1.53. The van der Waals surface area contributed by atoms with E-state index in [1.807, 2.05) is 83.8 Å². The average Bonchev–Trinajstić information content (AvgIpc) is 3.51. The number of pyridine rings is 1. The van der Waals surface area contributed by atoms with Gasteiger partial charge in [0.05, 0.1) is 23.4 Å². The average molecular weight is 506 g/mol. The molecule has 1 aliphatic heterocycles. The molecule has 2 aromatic carbocycles. The van der Waals surface area contributed by atoms with Gasteiger partial charge in [-0.3, -0.25) is 4.98 Å². The highest BCUT2D eigenvalue weighted by molar-refractivity contribution is 7.80. The van der Waals surface area contributed by atoms with E-state index in [1.54, 1.807) is 13.3 Å². The van der Waals surface area contributed by atoms with Crippen molar-refractivity contribution in [3.63, 3.8) is 0 Å². The van der Waals surface area contributed by atoms with Crippen molar-refractivity contribution < 1.29 is 13.9 Å². The predicted octanol–water partition coefficient (Wildman–Crippen LogP) is 6.20. The molecule has 1 saturated heterocycles. The van der Waals surface area contributed by atoms with Gasteiger partial charge in [-0.1, -0.05) is 48.0 Å². The summed E-state index contributed by atoms with van der Waals surface area (Å²) in [7, 11) is 1.63. The van der Waals surface area contributed by atoms with Crippen LogP contribution in [0.15, 0.2) is 89.5 Å². The molecule has 178 valence electrons. The fourth-order valence-electron chi connectivity index (χ4n) is 4.18. The Morgan fingerprint density at radius 1 is 1.03 bits per heavy atom. The molecule has 8 heteroatoms. The minimum Gasteiger partial charge on any atom is -0.490 e. The number of anilines is 1. The van der Waals surface area contributed by atoms with Gasteiger partial charge in [0.15, 0.2) is 5.11 Å². The number of hydrogen-bond donors (Lipinski definition) is 1. The molecule has 1 N–H and O–H groups in total. The van der Waals surface area contributed by atoms with E-state index in [0.717, 1.165) is 28.5 Å². The summed E-state index contributed by atoms with van der Waals surface area (Å²) >= 11 is 12.4. The number of nitrogens with zero attached hydrogens (tertiary/aromatic N) is 2. The van der Waals surface area contributed by atoms with Gasteiger partial charge in [-0.05, 0) is 54.7 Å². The van der Waals surface area contributed by atoms with Crippen molar-refractivity contribution in [1.82, 2.24) is 10.3 Å². The van der Waals surface area contributed by atoms with Gasteiger partial charge in [-0.25, -0.2) is 0 Å². The molecular formula is C27H24ClN3O3S. The van der Waals surface area contributed by atoms with E-state index in [0.29, 0.717) is 29.1 Å². The highest BCUT2D eigenvalue weighted by Crippen LogP contribution is 2.44. The Morgan fingerprint density at radius 3 is 2.60 bits per heavy atom. The molecule has 0 spiro atoms. The van der Waals surface area contributed by atoms with Gasteiger partial charge in [-0.15, -0.1) is 0 Å². The second-order valence-corrected chi connectivity index (χ2v) is 8.81. The molecule has 1 fully saturated rings. The molecule has 3 heterocycles.